The lowest BCUT2D eigenvalue weighted by Gasteiger charge is -2.32. The second kappa shape index (κ2) is 7.54. The molecule has 0 spiro atoms. The molecule has 1 rings (SSSR count). The molecule has 2 amide bonds. The van der Waals surface area contributed by atoms with Crippen molar-refractivity contribution in [3.63, 3.8) is 0 Å². The topological polar surface area (TPSA) is 58.4 Å². The Balaban J connectivity index is 2.47. The van der Waals surface area contributed by atoms with Gasteiger partial charge in [0.15, 0.2) is 0 Å². The highest BCUT2D eigenvalue weighted by Crippen LogP contribution is 2.26. The second-order valence-electron chi connectivity index (χ2n) is 4.86. The van der Waals surface area contributed by atoms with Crippen molar-refractivity contribution in [2.45, 2.75) is 52.0 Å². The highest BCUT2D eigenvalue weighted by atomic mass is 16.2. The number of nitrogens with two attached hydrogens (primary N) is 1. The van der Waals surface area contributed by atoms with E-state index in [1.165, 1.54) is 32.1 Å². The summed E-state index contributed by atoms with van der Waals surface area (Å²) < 4.78 is 0. The van der Waals surface area contributed by atoms with E-state index in [0.29, 0.717) is 12.5 Å². The normalized spacial score (nSPS) is 18.8. The summed E-state index contributed by atoms with van der Waals surface area (Å²) in [5.74, 6) is 0.577. The van der Waals surface area contributed by atoms with Gasteiger partial charge in [-0.25, -0.2) is 4.79 Å². The fourth-order valence-corrected chi connectivity index (χ4v) is 2.67. The van der Waals surface area contributed by atoms with Gasteiger partial charge in [-0.1, -0.05) is 19.3 Å². The van der Waals surface area contributed by atoms with Crippen LogP contribution in [0.25, 0.3) is 0 Å². The fraction of sp³-hybridized carbons (Fsp3) is 0.923. The first-order chi connectivity index (χ1) is 8.22. The van der Waals surface area contributed by atoms with E-state index in [9.17, 15) is 4.79 Å². The minimum absolute atomic E-state index is 0.0380. The Morgan fingerprint density at radius 1 is 1.29 bits per heavy atom. The van der Waals surface area contributed by atoms with Crippen LogP contribution in [0.1, 0.15) is 46.0 Å². The number of hydrogen-bond acceptors (Lipinski definition) is 2. The zero-order valence-electron chi connectivity index (χ0n) is 11.2. The average Bonchev–Trinajstić information content (AvgIpc) is 2.38. The van der Waals surface area contributed by atoms with Crippen LogP contribution in [0.5, 0.6) is 0 Å². The first-order valence-electron chi connectivity index (χ1n) is 6.98. The highest BCUT2D eigenvalue weighted by molar-refractivity contribution is 5.74. The maximum absolute atomic E-state index is 12.0. The van der Waals surface area contributed by atoms with Gasteiger partial charge in [0.1, 0.15) is 0 Å². The molecule has 1 saturated carbocycles. The lowest BCUT2D eigenvalue weighted by molar-refractivity contribution is 0.188. The third kappa shape index (κ3) is 4.19. The third-order valence-corrected chi connectivity index (χ3v) is 3.83. The Morgan fingerprint density at radius 2 is 1.88 bits per heavy atom. The summed E-state index contributed by atoms with van der Waals surface area (Å²) in [7, 11) is 0. The van der Waals surface area contributed by atoms with E-state index >= 15 is 0 Å². The van der Waals surface area contributed by atoms with E-state index < -0.39 is 0 Å². The number of rotatable bonds is 5. The molecule has 1 fully saturated rings. The van der Waals surface area contributed by atoms with Gasteiger partial charge in [0.25, 0.3) is 0 Å². The molecule has 1 aliphatic rings. The molecule has 1 atom stereocenters. The van der Waals surface area contributed by atoms with Crippen LogP contribution in [0.2, 0.25) is 0 Å². The molecule has 4 heteroatoms. The Kier molecular flexibility index (Phi) is 6.34. The van der Waals surface area contributed by atoms with Crippen molar-refractivity contribution >= 4 is 6.03 Å². The van der Waals surface area contributed by atoms with Gasteiger partial charge in [-0.3, -0.25) is 0 Å². The van der Waals surface area contributed by atoms with Gasteiger partial charge in [0.2, 0.25) is 0 Å². The number of carbonyl (C=O) groups is 1. The number of hydrogen-bond donors (Lipinski definition) is 2. The highest BCUT2D eigenvalue weighted by Gasteiger charge is 2.24. The molecule has 0 aromatic heterocycles. The van der Waals surface area contributed by atoms with Gasteiger partial charge in [0, 0.05) is 25.7 Å². The quantitative estimate of drug-likeness (QED) is 0.773. The predicted octanol–water partition coefficient (Wildman–Crippen LogP) is 1.95. The minimum Gasteiger partial charge on any atom is -0.334 e. The molecule has 100 valence electrons. The van der Waals surface area contributed by atoms with Crippen molar-refractivity contribution in [3.8, 4) is 0 Å². The van der Waals surface area contributed by atoms with Crippen molar-refractivity contribution in [1.82, 2.24) is 10.2 Å². The van der Waals surface area contributed by atoms with Crippen LogP contribution >= 0.6 is 0 Å². The van der Waals surface area contributed by atoms with Crippen LogP contribution in [0.15, 0.2) is 0 Å². The van der Waals surface area contributed by atoms with Crippen LogP contribution in [0.3, 0.4) is 0 Å². The van der Waals surface area contributed by atoms with E-state index in [-0.39, 0.29) is 12.1 Å². The molecule has 0 aliphatic heterocycles. The standard InChI is InChI=1S/C13H27N3O/c1-3-16(4-2)13(17)15-12(10-14)11-8-6-5-7-9-11/h11-12H,3-10,14H2,1-2H3,(H,15,17). The van der Waals surface area contributed by atoms with Crippen molar-refractivity contribution in [1.29, 1.82) is 0 Å². The van der Waals surface area contributed by atoms with Gasteiger partial charge in [0.05, 0.1) is 0 Å². The van der Waals surface area contributed by atoms with Gasteiger partial charge >= 0.3 is 6.03 Å². The number of nitrogens with zero attached hydrogens (tertiary/aromatic N) is 1. The molecule has 0 saturated heterocycles. The smallest absolute Gasteiger partial charge is 0.317 e. The first kappa shape index (κ1) is 14.3. The zero-order valence-corrected chi connectivity index (χ0v) is 11.2. The molecule has 0 bridgehead atoms. The van der Waals surface area contributed by atoms with Crippen molar-refractivity contribution in [2.24, 2.45) is 11.7 Å². The summed E-state index contributed by atoms with van der Waals surface area (Å²) in [4.78, 5) is 13.8. The molecule has 0 radical (unpaired) electrons. The molecule has 0 aromatic rings. The summed E-state index contributed by atoms with van der Waals surface area (Å²) in [6.07, 6.45) is 6.31. The molecule has 1 unspecified atom stereocenters. The van der Waals surface area contributed by atoms with E-state index in [1.54, 1.807) is 0 Å². The average molecular weight is 241 g/mol. The van der Waals surface area contributed by atoms with E-state index in [4.69, 9.17) is 5.73 Å². The van der Waals surface area contributed by atoms with Gasteiger partial charge in [-0.15, -0.1) is 0 Å². The molecular weight excluding hydrogens is 214 g/mol. The van der Waals surface area contributed by atoms with Crippen LogP contribution in [0, 0.1) is 5.92 Å². The second-order valence-corrected chi connectivity index (χ2v) is 4.86. The maximum Gasteiger partial charge on any atom is 0.317 e. The van der Waals surface area contributed by atoms with Crippen molar-refractivity contribution < 1.29 is 4.79 Å². The Bertz CT molecular complexity index is 223. The van der Waals surface area contributed by atoms with Crippen LogP contribution in [0.4, 0.5) is 4.79 Å². The van der Waals surface area contributed by atoms with E-state index in [2.05, 4.69) is 5.32 Å². The van der Waals surface area contributed by atoms with Crippen molar-refractivity contribution in [2.75, 3.05) is 19.6 Å². The largest absolute Gasteiger partial charge is 0.334 e. The van der Waals surface area contributed by atoms with E-state index in [1.807, 2.05) is 18.7 Å². The van der Waals surface area contributed by atoms with Crippen LogP contribution in [-0.2, 0) is 0 Å². The lowest BCUT2D eigenvalue weighted by Crippen LogP contribution is -2.50. The van der Waals surface area contributed by atoms with Crippen molar-refractivity contribution in [3.05, 3.63) is 0 Å². The molecule has 17 heavy (non-hydrogen) atoms. The Labute approximate surface area is 105 Å². The number of carbonyl (C=O) groups excluding carboxylic acids is 1. The third-order valence-electron chi connectivity index (χ3n) is 3.83. The lowest BCUT2D eigenvalue weighted by atomic mass is 9.84. The van der Waals surface area contributed by atoms with Crippen LogP contribution in [-0.4, -0.2) is 36.6 Å². The summed E-state index contributed by atoms with van der Waals surface area (Å²) in [6, 6.07) is 0.194. The monoisotopic (exact) mass is 241 g/mol. The molecular formula is C13H27N3O. The fourth-order valence-electron chi connectivity index (χ4n) is 2.67. The summed E-state index contributed by atoms with van der Waals surface area (Å²) in [5.41, 5.74) is 5.80. The Hall–Kier alpha value is -0.770. The molecule has 0 aromatic carbocycles. The minimum atomic E-state index is 0.0380. The number of urea groups is 1. The van der Waals surface area contributed by atoms with Crippen LogP contribution < -0.4 is 11.1 Å². The first-order valence-corrected chi connectivity index (χ1v) is 6.98. The number of amides is 2. The summed E-state index contributed by atoms with van der Waals surface area (Å²) in [5, 5.41) is 3.10. The maximum atomic E-state index is 12.0. The summed E-state index contributed by atoms with van der Waals surface area (Å²) >= 11 is 0. The molecule has 1 aliphatic carbocycles. The van der Waals surface area contributed by atoms with E-state index in [0.717, 1.165) is 13.1 Å². The Morgan fingerprint density at radius 3 is 2.35 bits per heavy atom. The molecule has 4 nitrogen and oxygen atoms in total. The molecule has 0 heterocycles. The summed E-state index contributed by atoms with van der Waals surface area (Å²) in [6.45, 7) is 6.06. The van der Waals surface area contributed by atoms with Gasteiger partial charge in [-0.05, 0) is 32.6 Å². The van der Waals surface area contributed by atoms with Gasteiger partial charge < -0.3 is 16.0 Å². The predicted molar refractivity (Wildman–Crippen MR) is 70.9 cm³/mol. The number of nitrogens with one attached hydrogen (secondary N) is 1. The zero-order chi connectivity index (χ0) is 12.7. The molecule has 3 N–H and O–H groups in total. The SMILES string of the molecule is CCN(CC)C(=O)NC(CN)C1CCCCC1. The van der Waals surface area contributed by atoms with Gasteiger partial charge in [-0.2, -0.15) is 0 Å².